The number of carbonyl (C=O) groups excluding carboxylic acids is 1. The van der Waals surface area contributed by atoms with Crippen molar-refractivity contribution < 1.29 is 14.3 Å². The molecule has 1 saturated heterocycles. The Balaban J connectivity index is 1.91. The highest BCUT2D eigenvalue weighted by Gasteiger charge is 2.29. The molecule has 0 aromatic heterocycles. The van der Waals surface area contributed by atoms with Crippen molar-refractivity contribution in [2.75, 3.05) is 19.8 Å². The van der Waals surface area contributed by atoms with Gasteiger partial charge in [-0.05, 0) is 31.9 Å². The average molecular weight is 308 g/mol. The third-order valence-corrected chi connectivity index (χ3v) is 3.77. The van der Waals surface area contributed by atoms with Crippen LogP contribution in [0.4, 0.5) is 0 Å². The number of nitrogens with two attached hydrogens (primary N) is 1. The summed E-state index contributed by atoms with van der Waals surface area (Å²) < 4.78 is 10.8. The number of nitrogens with one attached hydrogen (secondary N) is 1. The Morgan fingerprint density at radius 3 is 2.76 bits per heavy atom. The topological polar surface area (TPSA) is 73.6 Å². The van der Waals surface area contributed by atoms with E-state index >= 15 is 0 Å². The molecule has 0 radical (unpaired) electrons. The number of hydrogen-bond donors (Lipinski definition) is 2. The molecule has 1 aromatic rings. The first-order chi connectivity index (χ1) is 10.0. The average Bonchev–Trinajstić information content (AvgIpc) is 2.45. The van der Waals surface area contributed by atoms with Gasteiger partial charge in [-0.15, -0.1) is 0 Å². The highest BCUT2D eigenvalue weighted by molar-refractivity contribution is 7.80. The molecule has 1 fully saturated rings. The van der Waals surface area contributed by atoms with Crippen LogP contribution in [0.1, 0.15) is 25.3 Å². The first-order valence-electron chi connectivity index (χ1n) is 6.91. The van der Waals surface area contributed by atoms with E-state index in [2.05, 4.69) is 5.32 Å². The van der Waals surface area contributed by atoms with E-state index in [0.717, 1.165) is 12.8 Å². The molecule has 6 heteroatoms. The Labute approximate surface area is 129 Å². The zero-order chi connectivity index (χ0) is 15.3. The molecule has 1 aliphatic rings. The molecule has 0 bridgehead atoms. The molecule has 1 aliphatic heterocycles. The van der Waals surface area contributed by atoms with E-state index < -0.39 is 0 Å². The quantitative estimate of drug-likeness (QED) is 0.804. The zero-order valence-corrected chi connectivity index (χ0v) is 12.9. The van der Waals surface area contributed by atoms with Crippen LogP contribution in [0, 0.1) is 0 Å². The number of thiocarbonyl (C=S) groups is 1. The lowest BCUT2D eigenvalue weighted by atomic mass is 9.92. The Morgan fingerprint density at radius 1 is 1.43 bits per heavy atom. The van der Waals surface area contributed by atoms with Crippen LogP contribution in [-0.2, 0) is 9.53 Å². The van der Waals surface area contributed by atoms with Gasteiger partial charge in [-0.3, -0.25) is 4.79 Å². The fourth-order valence-corrected chi connectivity index (χ4v) is 2.43. The molecule has 5 nitrogen and oxygen atoms in total. The zero-order valence-electron chi connectivity index (χ0n) is 12.1. The SMILES string of the molecule is CC1(NC(=O)COc2ccccc2C(N)=S)CCOCC1. The summed E-state index contributed by atoms with van der Waals surface area (Å²) in [5, 5.41) is 3.01. The summed E-state index contributed by atoms with van der Waals surface area (Å²) in [7, 11) is 0. The molecule has 21 heavy (non-hydrogen) atoms. The molecular weight excluding hydrogens is 288 g/mol. The fraction of sp³-hybridized carbons (Fsp3) is 0.467. The molecule has 1 amide bonds. The summed E-state index contributed by atoms with van der Waals surface area (Å²) in [5.74, 6) is 0.370. The van der Waals surface area contributed by atoms with Gasteiger partial charge in [-0.2, -0.15) is 0 Å². The van der Waals surface area contributed by atoms with E-state index in [0.29, 0.717) is 24.5 Å². The molecule has 1 aromatic carbocycles. The van der Waals surface area contributed by atoms with E-state index in [9.17, 15) is 4.79 Å². The van der Waals surface area contributed by atoms with Crippen molar-refractivity contribution in [2.45, 2.75) is 25.3 Å². The second-order valence-corrected chi connectivity index (χ2v) is 5.81. The number of carbonyl (C=O) groups is 1. The van der Waals surface area contributed by atoms with Gasteiger partial charge in [0.1, 0.15) is 10.7 Å². The van der Waals surface area contributed by atoms with Crippen molar-refractivity contribution in [3.63, 3.8) is 0 Å². The lowest BCUT2D eigenvalue weighted by Crippen LogP contribution is -2.51. The molecule has 3 N–H and O–H groups in total. The minimum Gasteiger partial charge on any atom is -0.483 e. The van der Waals surface area contributed by atoms with Gasteiger partial charge in [0.2, 0.25) is 0 Å². The van der Waals surface area contributed by atoms with Gasteiger partial charge in [0.05, 0.1) is 5.56 Å². The first-order valence-corrected chi connectivity index (χ1v) is 7.31. The van der Waals surface area contributed by atoms with E-state index in [4.69, 9.17) is 27.4 Å². The third-order valence-electron chi connectivity index (χ3n) is 3.55. The summed E-state index contributed by atoms with van der Waals surface area (Å²) >= 11 is 4.96. The van der Waals surface area contributed by atoms with Gasteiger partial charge < -0.3 is 20.5 Å². The number of hydrogen-bond acceptors (Lipinski definition) is 4. The predicted octanol–water partition coefficient (Wildman–Crippen LogP) is 1.38. The molecule has 0 spiro atoms. The third kappa shape index (κ3) is 4.41. The molecular formula is C15H20N2O3S. The van der Waals surface area contributed by atoms with Crippen molar-refractivity contribution in [1.82, 2.24) is 5.32 Å². The first kappa shape index (κ1) is 15.7. The van der Waals surface area contributed by atoms with Gasteiger partial charge in [0, 0.05) is 18.8 Å². The molecule has 1 heterocycles. The molecule has 114 valence electrons. The van der Waals surface area contributed by atoms with Gasteiger partial charge >= 0.3 is 0 Å². The number of rotatable bonds is 5. The predicted molar refractivity (Wildman–Crippen MR) is 84.4 cm³/mol. The summed E-state index contributed by atoms with van der Waals surface area (Å²) in [4.78, 5) is 12.3. The smallest absolute Gasteiger partial charge is 0.258 e. The van der Waals surface area contributed by atoms with Crippen molar-refractivity contribution in [3.8, 4) is 5.75 Å². The van der Waals surface area contributed by atoms with Crippen LogP contribution in [0.2, 0.25) is 0 Å². The van der Waals surface area contributed by atoms with Crippen LogP contribution < -0.4 is 15.8 Å². The minimum absolute atomic E-state index is 0.0595. The second kappa shape index (κ2) is 6.87. The highest BCUT2D eigenvalue weighted by Crippen LogP contribution is 2.20. The fourth-order valence-electron chi connectivity index (χ4n) is 2.26. The maximum absolute atomic E-state index is 12.0. The Bertz CT molecular complexity index is 527. The van der Waals surface area contributed by atoms with Crippen molar-refractivity contribution in [1.29, 1.82) is 0 Å². The van der Waals surface area contributed by atoms with Crippen LogP contribution in [0.5, 0.6) is 5.75 Å². The van der Waals surface area contributed by atoms with Crippen molar-refractivity contribution in [3.05, 3.63) is 29.8 Å². The van der Waals surface area contributed by atoms with Crippen molar-refractivity contribution >= 4 is 23.1 Å². The van der Waals surface area contributed by atoms with E-state index in [1.165, 1.54) is 0 Å². The van der Waals surface area contributed by atoms with Crippen LogP contribution in [0.25, 0.3) is 0 Å². The van der Waals surface area contributed by atoms with Crippen LogP contribution in [-0.4, -0.2) is 36.3 Å². The Morgan fingerprint density at radius 2 is 2.10 bits per heavy atom. The highest BCUT2D eigenvalue weighted by atomic mass is 32.1. The minimum atomic E-state index is -0.221. The van der Waals surface area contributed by atoms with E-state index in [-0.39, 0.29) is 23.0 Å². The second-order valence-electron chi connectivity index (χ2n) is 5.37. The monoisotopic (exact) mass is 308 g/mol. The standard InChI is InChI=1S/C15H20N2O3S/c1-15(6-8-19-9-7-15)17-13(18)10-20-12-5-3-2-4-11(12)14(16)21/h2-5H,6-10H2,1H3,(H2,16,21)(H,17,18). The van der Waals surface area contributed by atoms with Gasteiger partial charge in [-0.25, -0.2) is 0 Å². The maximum Gasteiger partial charge on any atom is 0.258 e. The van der Waals surface area contributed by atoms with Crippen LogP contribution in [0.15, 0.2) is 24.3 Å². The number of para-hydroxylation sites is 1. The van der Waals surface area contributed by atoms with Gasteiger partial charge in [0.25, 0.3) is 5.91 Å². The lowest BCUT2D eigenvalue weighted by Gasteiger charge is -2.34. The summed E-state index contributed by atoms with van der Waals surface area (Å²) in [6.07, 6.45) is 1.62. The Hall–Kier alpha value is -1.66. The molecule has 0 atom stereocenters. The van der Waals surface area contributed by atoms with Crippen LogP contribution in [0.3, 0.4) is 0 Å². The van der Waals surface area contributed by atoms with E-state index in [1.54, 1.807) is 12.1 Å². The van der Waals surface area contributed by atoms with Crippen molar-refractivity contribution in [2.24, 2.45) is 5.73 Å². The maximum atomic E-state index is 12.0. The summed E-state index contributed by atoms with van der Waals surface area (Å²) in [6, 6.07) is 7.16. The number of ether oxygens (including phenoxy) is 2. The van der Waals surface area contributed by atoms with Gasteiger partial charge in [-0.1, -0.05) is 24.4 Å². The molecule has 0 aliphatic carbocycles. The largest absolute Gasteiger partial charge is 0.483 e. The summed E-state index contributed by atoms with van der Waals surface area (Å²) in [5.41, 5.74) is 6.04. The van der Waals surface area contributed by atoms with Crippen LogP contribution >= 0.6 is 12.2 Å². The van der Waals surface area contributed by atoms with Gasteiger partial charge in [0.15, 0.2) is 6.61 Å². The normalized spacial score (nSPS) is 17.0. The Kier molecular flexibility index (Phi) is 5.14. The van der Waals surface area contributed by atoms with E-state index in [1.807, 2.05) is 19.1 Å². The summed E-state index contributed by atoms with van der Waals surface area (Å²) in [6.45, 7) is 3.30. The molecule has 0 unspecified atom stereocenters. The molecule has 2 rings (SSSR count). The number of amides is 1. The lowest BCUT2D eigenvalue weighted by molar-refractivity contribution is -0.126. The molecule has 0 saturated carbocycles. The number of benzene rings is 1.